The second kappa shape index (κ2) is 14.3. The van der Waals surface area contributed by atoms with E-state index in [0.717, 1.165) is 0 Å². The molecule has 0 saturated carbocycles. The summed E-state index contributed by atoms with van der Waals surface area (Å²) in [5.41, 5.74) is 28.3. The van der Waals surface area contributed by atoms with Crippen LogP contribution in [-0.4, -0.2) is 0 Å². The molecule has 0 aliphatic heterocycles. The zero-order valence-electron chi connectivity index (χ0n) is 36.5. The number of hydrogen-bond acceptors (Lipinski definition) is 0. The van der Waals surface area contributed by atoms with Crippen LogP contribution in [0, 0.1) is 13.8 Å². The van der Waals surface area contributed by atoms with Crippen molar-refractivity contribution in [2.45, 2.75) is 52.4 Å². The van der Waals surface area contributed by atoms with Crippen LogP contribution >= 0.6 is 0 Å². The highest BCUT2D eigenvalue weighted by Crippen LogP contribution is 2.52. The molecule has 0 heterocycles. The Labute approximate surface area is 367 Å². The van der Waals surface area contributed by atoms with Crippen LogP contribution in [-0.2, 0) is 10.8 Å². The van der Waals surface area contributed by atoms with Gasteiger partial charge in [0.05, 0.1) is 0 Å². The minimum Gasteiger partial charge on any atom is -0.0622 e. The zero-order chi connectivity index (χ0) is 42.3. The fourth-order valence-electron chi connectivity index (χ4n) is 10.6. The number of aryl methyl sites for hydroxylation is 2. The van der Waals surface area contributed by atoms with E-state index in [1.54, 1.807) is 0 Å². The largest absolute Gasteiger partial charge is 0.0622 e. The molecule has 0 nitrogen and oxygen atoms in total. The van der Waals surface area contributed by atoms with Gasteiger partial charge in [0.2, 0.25) is 0 Å². The summed E-state index contributed by atoms with van der Waals surface area (Å²) in [6.45, 7) is 13.9. The predicted molar refractivity (Wildman–Crippen MR) is 264 cm³/mol. The van der Waals surface area contributed by atoms with Gasteiger partial charge < -0.3 is 0 Å². The van der Waals surface area contributed by atoms with Crippen LogP contribution in [0.1, 0.15) is 61.1 Å². The van der Waals surface area contributed by atoms with Crippen LogP contribution in [0.4, 0.5) is 0 Å². The van der Waals surface area contributed by atoms with Crippen molar-refractivity contribution in [3.05, 3.63) is 228 Å². The molecule has 11 rings (SSSR count). The Morgan fingerprint density at radius 1 is 0.226 bits per heavy atom. The molecule has 62 heavy (non-hydrogen) atoms. The molecule has 9 aromatic rings. The van der Waals surface area contributed by atoms with Gasteiger partial charge in [0, 0.05) is 10.8 Å². The third-order valence-corrected chi connectivity index (χ3v) is 13.9. The highest BCUT2D eigenvalue weighted by Gasteiger charge is 2.37. The summed E-state index contributed by atoms with van der Waals surface area (Å²) in [5, 5.41) is 0. The maximum Gasteiger partial charge on any atom is 0.0159 e. The predicted octanol–water partition coefficient (Wildman–Crippen LogP) is 16.9. The van der Waals surface area contributed by atoms with Crippen molar-refractivity contribution in [3.8, 4) is 89.0 Å². The van der Waals surface area contributed by atoms with Crippen molar-refractivity contribution in [1.29, 1.82) is 0 Å². The molecule has 0 atom stereocenters. The molecular weight excluding hydrogens is 745 g/mol. The van der Waals surface area contributed by atoms with Gasteiger partial charge in [-0.3, -0.25) is 0 Å². The van der Waals surface area contributed by atoms with E-state index < -0.39 is 0 Å². The van der Waals surface area contributed by atoms with Crippen molar-refractivity contribution < 1.29 is 0 Å². The van der Waals surface area contributed by atoms with Crippen LogP contribution in [0.5, 0.6) is 0 Å². The van der Waals surface area contributed by atoms with Crippen molar-refractivity contribution >= 4 is 0 Å². The first kappa shape index (κ1) is 37.9. The summed E-state index contributed by atoms with van der Waals surface area (Å²) < 4.78 is 0. The second-order valence-corrected chi connectivity index (χ2v) is 18.8. The summed E-state index contributed by atoms with van der Waals surface area (Å²) in [6, 6.07) is 73.0. The minimum atomic E-state index is -0.148. The summed E-state index contributed by atoms with van der Waals surface area (Å²) >= 11 is 0. The van der Waals surface area contributed by atoms with Gasteiger partial charge in [0.1, 0.15) is 0 Å². The van der Waals surface area contributed by atoms with E-state index in [1.807, 2.05) is 0 Å². The summed E-state index contributed by atoms with van der Waals surface area (Å²) in [5.74, 6) is 0. The Balaban J connectivity index is 0.884. The quantitative estimate of drug-likeness (QED) is 0.157. The lowest BCUT2D eigenvalue weighted by molar-refractivity contribution is 0.660. The molecule has 0 N–H and O–H groups in total. The molecule has 2 aliphatic rings. The van der Waals surface area contributed by atoms with Gasteiger partial charge in [-0.15, -0.1) is 0 Å². The van der Waals surface area contributed by atoms with E-state index in [1.165, 1.54) is 122 Å². The standard InChI is InChI=1S/C62H50/c1-39-29-40(2)31-49(30-39)47-23-27-55-53-25-21-45(35-57(53)61(3,4)59(55)37-47)43-17-19-44(20-18-43)46-22-26-54-56-28-24-48(38-60(56)62(5,6)58(54)36-46)52-33-50(41-13-9-7-10-14-41)32-51(34-52)42-15-11-8-12-16-42/h7-38H,1-6H3. The molecule has 0 fully saturated rings. The zero-order valence-corrected chi connectivity index (χ0v) is 36.5. The van der Waals surface area contributed by atoms with Gasteiger partial charge in [0.15, 0.2) is 0 Å². The van der Waals surface area contributed by atoms with Crippen LogP contribution in [0.3, 0.4) is 0 Å². The van der Waals surface area contributed by atoms with Crippen LogP contribution in [0.2, 0.25) is 0 Å². The molecule has 298 valence electrons. The number of benzene rings is 9. The molecule has 0 spiro atoms. The summed E-state index contributed by atoms with van der Waals surface area (Å²) in [6.07, 6.45) is 0. The van der Waals surface area contributed by atoms with Gasteiger partial charge in [-0.1, -0.05) is 190 Å². The molecule has 0 bridgehead atoms. The third kappa shape index (κ3) is 6.28. The molecule has 9 aromatic carbocycles. The molecule has 0 amide bonds. The van der Waals surface area contributed by atoms with E-state index in [9.17, 15) is 0 Å². The Hall–Kier alpha value is -7.02. The average Bonchev–Trinajstić information content (AvgIpc) is 3.67. The normalized spacial score (nSPS) is 13.9. The Bertz CT molecular complexity index is 3140. The van der Waals surface area contributed by atoms with Gasteiger partial charge in [-0.25, -0.2) is 0 Å². The first-order chi connectivity index (χ1) is 30.0. The van der Waals surface area contributed by atoms with Crippen LogP contribution in [0.25, 0.3) is 89.0 Å². The lowest BCUT2D eigenvalue weighted by atomic mass is 9.80. The molecule has 0 unspecified atom stereocenters. The SMILES string of the molecule is Cc1cc(C)cc(-c2ccc3c(c2)C(C)(C)c2cc(-c4ccc(-c5ccc6c(c5)C(C)(C)c5cc(-c7cc(-c8ccccc8)cc(-c8ccccc8)c7)ccc5-6)cc4)ccc2-3)c1. The molecule has 0 saturated heterocycles. The maximum atomic E-state index is 2.45. The molecular formula is C62H50. The molecule has 2 aliphatic carbocycles. The van der Waals surface area contributed by atoms with Crippen LogP contribution in [0.15, 0.2) is 194 Å². The lowest BCUT2D eigenvalue weighted by Crippen LogP contribution is -2.15. The average molecular weight is 795 g/mol. The van der Waals surface area contributed by atoms with E-state index in [2.05, 4.69) is 236 Å². The first-order valence-corrected chi connectivity index (χ1v) is 22.1. The monoisotopic (exact) mass is 794 g/mol. The van der Waals surface area contributed by atoms with E-state index in [-0.39, 0.29) is 10.8 Å². The van der Waals surface area contributed by atoms with E-state index >= 15 is 0 Å². The van der Waals surface area contributed by atoms with Crippen LogP contribution < -0.4 is 0 Å². The van der Waals surface area contributed by atoms with Crippen molar-refractivity contribution in [3.63, 3.8) is 0 Å². The van der Waals surface area contributed by atoms with Gasteiger partial charge in [-0.05, 0) is 168 Å². The van der Waals surface area contributed by atoms with Gasteiger partial charge in [0.25, 0.3) is 0 Å². The van der Waals surface area contributed by atoms with Crippen molar-refractivity contribution in [2.75, 3.05) is 0 Å². The highest BCUT2D eigenvalue weighted by atomic mass is 14.4. The molecule has 0 aromatic heterocycles. The number of hydrogen-bond donors (Lipinski definition) is 0. The van der Waals surface area contributed by atoms with Gasteiger partial charge in [-0.2, -0.15) is 0 Å². The fraction of sp³-hybridized carbons (Fsp3) is 0.129. The topological polar surface area (TPSA) is 0 Å². The Morgan fingerprint density at radius 2 is 0.484 bits per heavy atom. The summed E-state index contributed by atoms with van der Waals surface area (Å²) in [7, 11) is 0. The third-order valence-electron chi connectivity index (χ3n) is 13.9. The first-order valence-electron chi connectivity index (χ1n) is 22.1. The number of fused-ring (bicyclic) bond motifs is 6. The lowest BCUT2D eigenvalue weighted by Gasteiger charge is -2.23. The van der Waals surface area contributed by atoms with Crippen molar-refractivity contribution in [1.82, 2.24) is 0 Å². The second-order valence-electron chi connectivity index (χ2n) is 18.8. The smallest absolute Gasteiger partial charge is 0.0159 e. The maximum absolute atomic E-state index is 2.45. The Kier molecular flexibility index (Phi) is 8.74. The highest BCUT2D eigenvalue weighted by molar-refractivity contribution is 5.89. The van der Waals surface area contributed by atoms with Crippen molar-refractivity contribution in [2.24, 2.45) is 0 Å². The molecule has 0 radical (unpaired) electrons. The fourth-order valence-corrected chi connectivity index (χ4v) is 10.6. The summed E-state index contributed by atoms with van der Waals surface area (Å²) in [4.78, 5) is 0. The van der Waals surface area contributed by atoms with Gasteiger partial charge >= 0.3 is 0 Å². The van der Waals surface area contributed by atoms with E-state index in [4.69, 9.17) is 0 Å². The molecule has 0 heteroatoms. The van der Waals surface area contributed by atoms with E-state index in [0.29, 0.717) is 0 Å². The Morgan fingerprint density at radius 3 is 0.823 bits per heavy atom. The minimum absolute atomic E-state index is 0.0949. The number of rotatable bonds is 6.